The first-order valence-corrected chi connectivity index (χ1v) is 10.3. The molecule has 3 rings (SSSR count). The van der Waals surface area contributed by atoms with E-state index in [1.54, 1.807) is 30.9 Å². The molecule has 2 unspecified atom stereocenters. The van der Waals surface area contributed by atoms with Crippen LogP contribution in [0.25, 0.3) is 0 Å². The highest BCUT2D eigenvalue weighted by atomic mass is 16.5. The number of benzene rings is 1. The summed E-state index contributed by atoms with van der Waals surface area (Å²) in [6, 6.07) is 12.2. The Kier molecular flexibility index (Phi) is 7.27. The minimum Gasteiger partial charge on any atom is -0.463 e. The van der Waals surface area contributed by atoms with Gasteiger partial charge in [0.1, 0.15) is 0 Å². The van der Waals surface area contributed by atoms with Gasteiger partial charge in [-0.05, 0) is 44.4 Å². The van der Waals surface area contributed by atoms with Crippen molar-refractivity contribution in [3.05, 3.63) is 60.1 Å². The maximum absolute atomic E-state index is 13.0. The number of amides is 2. The summed E-state index contributed by atoms with van der Waals surface area (Å²) in [5, 5.41) is 3.00. The monoisotopic (exact) mass is 412 g/mol. The summed E-state index contributed by atoms with van der Waals surface area (Å²) in [6.45, 7) is 4.50. The van der Waals surface area contributed by atoms with Crippen LogP contribution in [0.1, 0.15) is 55.3 Å². The zero-order valence-corrected chi connectivity index (χ0v) is 17.4. The second-order valence-corrected chi connectivity index (χ2v) is 7.78. The average Bonchev–Trinajstić information content (AvgIpc) is 3.27. The molecule has 7 nitrogen and oxygen atoms in total. The minimum atomic E-state index is -0.485. The van der Waals surface area contributed by atoms with E-state index >= 15 is 0 Å². The number of piperidine rings is 1. The van der Waals surface area contributed by atoms with Crippen LogP contribution in [0.5, 0.6) is 0 Å². The number of furan rings is 1. The number of esters is 1. The third-order valence-corrected chi connectivity index (χ3v) is 5.07. The third-order valence-electron chi connectivity index (χ3n) is 5.07. The molecular weight excluding hydrogens is 384 g/mol. The van der Waals surface area contributed by atoms with Crippen LogP contribution < -0.4 is 5.32 Å². The predicted molar refractivity (Wildman–Crippen MR) is 111 cm³/mol. The minimum absolute atomic E-state index is 0.0513. The van der Waals surface area contributed by atoms with Gasteiger partial charge >= 0.3 is 5.97 Å². The Hall–Kier alpha value is -3.09. The van der Waals surface area contributed by atoms with E-state index in [0.717, 1.165) is 12.0 Å². The standard InChI is InChI=1S/C23H28N2O5/c1-16(2)30-21(26)14-19(17-8-4-3-5-9-17)24-22(27)18-10-6-12-25(15-18)23(28)20-11-7-13-29-20/h3-5,7-9,11,13,16,18-19H,6,10,12,14-15H2,1-2H3,(H,24,27). The number of carbonyl (C=O) groups is 3. The highest BCUT2D eigenvalue weighted by Crippen LogP contribution is 2.23. The van der Waals surface area contributed by atoms with Crippen molar-refractivity contribution >= 4 is 17.8 Å². The van der Waals surface area contributed by atoms with Crippen molar-refractivity contribution in [3.63, 3.8) is 0 Å². The van der Waals surface area contributed by atoms with Crippen molar-refractivity contribution in [1.82, 2.24) is 10.2 Å². The van der Waals surface area contributed by atoms with Crippen molar-refractivity contribution < 1.29 is 23.5 Å². The lowest BCUT2D eigenvalue weighted by Crippen LogP contribution is -2.46. The fourth-order valence-corrected chi connectivity index (χ4v) is 3.64. The van der Waals surface area contributed by atoms with Crippen molar-refractivity contribution in [3.8, 4) is 0 Å². The smallest absolute Gasteiger partial charge is 0.308 e. The Morgan fingerprint density at radius 1 is 1.17 bits per heavy atom. The number of hydrogen-bond acceptors (Lipinski definition) is 5. The normalized spacial score (nSPS) is 17.4. The molecule has 2 aromatic rings. The molecule has 2 amide bonds. The average molecular weight is 412 g/mol. The van der Waals surface area contributed by atoms with Crippen LogP contribution >= 0.6 is 0 Å². The molecule has 0 aliphatic carbocycles. The molecule has 1 aromatic carbocycles. The SMILES string of the molecule is CC(C)OC(=O)CC(NC(=O)C1CCCN(C(=O)c2ccco2)C1)c1ccccc1. The van der Waals surface area contributed by atoms with Crippen LogP contribution in [0.15, 0.2) is 53.1 Å². The van der Waals surface area contributed by atoms with Crippen LogP contribution in [0, 0.1) is 5.92 Å². The molecule has 1 aliphatic rings. The van der Waals surface area contributed by atoms with E-state index in [1.807, 2.05) is 30.3 Å². The molecule has 1 aliphatic heterocycles. The van der Waals surface area contributed by atoms with E-state index in [-0.39, 0.29) is 42.0 Å². The highest BCUT2D eigenvalue weighted by Gasteiger charge is 2.31. The molecule has 2 heterocycles. The fourth-order valence-electron chi connectivity index (χ4n) is 3.64. The quantitative estimate of drug-likeness (QED) is 0.705. The Balaban J connectivity index is 1.67. The van der Waals surface area contributed by atoms with Gasteiger partial charge in [0.2, 0.25) is 5.91 Å². The Bertz CT molecular complexity index is 848. The maximum atomic E-state index is 13.0. The number of ether oxygens (including phenoxy) is 1. The lowest BCUT2D eigenvalue weighted by atomic mass is 9.95. The van der Waals surface area contributed by atoms with Crippen LogP contribution in [0.4, 0.5) is 0 Å². The summed E-state index contributed by atoms with van der Waals surface area (Å²) in [5.41, 5.74) is 0.839. The summed E-state index contributed by atoms with van der Waals surface area (Å²) < 4.78 is 10.5. The molecule has 1 saturated heterocycles. The number of hydrogen-bond donors (Lipinski definition) is 1. The Labute approximate surface area is 176 Å². The number of nitrogens with zero attached hydrogens (tertiary/aromatic N) is 1. The van der Waals surface area contributed by atoms with E-state index in [9.17, 15) is 14.4 Å². The zero-order chi connectivity index (χ0) is 21.5. The Morgan fingerprint density at radius 3 is 2.60 bits per heavy atom. The Morgan fingerprint density at radius 2 is 1.93 bits per heavy atom. The van der Waals surface area contributed by atoms with Gasteiger partial charge in [-0.1, -0.05) is 30.3 Å². The number of rotatable bonds is 7. The highest BCUT2D eigenvalue weighted by molar-refractivity contribution is 5.92. The molecule has 1 aromatic heterocycles. The van der Waals surface area contributed by atoms with Gasteiger partial charge in [-0.3, -0.25) is 14.4 Å². The molecule has 1 fully saturated rings. The lowest BCUT2D eigenvalue weighted by Gasteiger charge is -2.32. The molecule has 1 N–H and O–H groups in total. The van der Waals surface area contributed by atoms with Gasteiger partial charge < -0.3 is 19.4 Å². The molecule has 0 saturated carbocycles. The molecule has 0 radical (unpaired) electrons. The second-order valence-electron chi connectivity index (χ2n) is 7.78. The summed E-state index contributed by atoms with van der Waals surface area (Å²) in [7, 11) is 0. The molecule has 160 valence electrons. The third kappa shape index (κ3) is 5.72. The largest absolute Gasteiger partial charge is 0.463 e. The summed E-state index contributed by atoms with van der Waals surface area (Å²) in [4.78, 5) is 39.5. The van der Waals surface area contributed by atoms with Crippen LogP contribution in [-0.4, -0.2) is 41.9 Å². The van der Waals surface area contributed by atoms with E-state index in [0.29, 0.717) is 19.5 Å². The molecule has 0 bridgehead atoms. The number of likely N-dealkylation sites (tertiary alicyclic amines) is 1. The van der Waals surface area contributed by atoms with E-state index < -0.39 is 6.04 Å². The van der Waals surface area contributed by atoms with Gasteiger partial charge in [0.15, 0.2) is 5.76 Å². The number of nitrogens with one attached hydrogen (secondary N) is 1. The zero-order valence-electron chi connectivity index (χ0n) is 17.4. The van der Waals surface area contributed by atoms with Crippen LogP contribution in [0.3, 0.4) is 0 Å². The maximum Gasteiger partial charge on any atom is 0.308 e. The van der Waals surface area contributed by atoms with Crippen molar-refractivity contribution in [2.24, 2.45) is 5.92 Å². The molecular formula is C23H28N2O5. The first-order chi connectivity index (χ1) is 14.4. The number of carbonyl (C=O) groups excluding carboxylic acids is 3. The summed E-state index contributed by atoms with van der Waals surface area (Å²) >= 11 is 0. The molecule has 30 heavy (non-hydrogen) atoms. The predicted octanol–water partition coefficient (Wildman–Crippen LogP) is 3.33. The van der Waals surface area contributed by atoms with E-state index in [2.05, 4.69) is 5.32 Å². The van der Waals surface area contributed by atoms with Gasteiger partial charge in [-0.2, -0.15) is 0 Å². The lowest BCUT2D eigenvalue weighted by molar-refractivity contribution is -0.148. The second kappa shape index (κ2) is 10.1. The van der Waals surface area contributed by atoms with Gasteiger partial charge in [0.05, 0.1) is 30.7 Å². The first-order valence-electron chi connectivity index (χ1n) is 10.3. The van der Waals surface area contributed by atoms with Crippen LogP contribution in [0.2, 0.25) is 0 Å². The topological polar surface area (TPSA) is 88.9 Å². The molecule has 2 atom stereocenters. The van der Waals surface area contributed by atoms with Gasteiger partial charge in [0, 0.05) is 13.1 Å². The van der Waals surface area contributed by atoms with Crippen molar-refractivity contribution in [2.45, 2.75) is 45.3 Å². The summed E-state index contributed by atoms with van der Waals surface area (Å²) in [5.74, 6) is -0.812. The summed E-state index contributed by atoms with van der Waals surface area (Å²) in [6.07, 6.45) is 2.71. The molecule has 0 spiro atoms. The van der Waals surface area contributed by atoms with E-state index in [1.165, 1.54) is 6.26 Å². The van der Waals surface area contributed by atoms with Crippen molar-refractivity contribution in [1.29, 1.82) is 0 Å². The van der Waals surface area contributed by atoms with Crippen molar-refractivity contribution in [2.75, 3.05) is 13.1 Å². The molecule has 7 heteroatoms. The van der Waals surface area contributed by atoms with E-state index in [4.69, 9.17) is 9.15 Å². The van der Waals surface area contributed by atoms with Crippen LogP contribution in [-0.2, 0) is 14.3 Å². The first kappa shape index (κ1) is 21.6. The fraction of sp³-hybridized carbons (Fsp3) is 0.435. The van der Waals surface area contributed by atoms with Gasteiger partial charge in [-0.25, -0.2) is 0 Å². The van der Waals surface area contributed by atoms with Gasteiger partial charge in [0.25, 0.3) is 5.91 Å². The van der Waals surface area contributed by atoms with Gasteiger partial charge in [-0.15, -0.1) is 0 Å².